The normalized spacial score (nSPS) is 13.8. The molecule has 0 saturated carbocycles. The van der Waals surface area contributed by atoms with Gasteiger partial charge in [-0.2, -0.15) is 0 Å². The molecule has 5 nitrogen and oxygen atoms in total. The van der Waals surface area contributed by atoms with Crippen LogP contribution in [0.2, 0.25) is 0 Å². The number of methoxy groups -OCH3 is 1. The molecular weight excluding hydrogens is 429 g/mol. The van der Waals surface area contributed by atoms with Crippen LogP contribution < -0.4 is 10.1 Å². The topological polar surface area (TPSA) is 54.5 Å². The minimum absolute atomic E-state index is 0.00808. The van der Waals surface area contributed by atoms with Gasteiger partial charge >= 0.3 is 0 Å². The van der Waals surface area contributed by atoms with E-state index in [1.807, 2.05) is 48.7 Å². The molecule has 1 N–H and O–H groups in total. The van der Waals surface area contributed by atoms with Crippen molar-refractivity contribution in [3.63, 3.8) is 0 Å². The lowest BCUT2D eigenvalue weighted by atomic mass is 10.0. The van der Waals surface area contributed by atoms with Crippen molar-refractivity contribution in [3.8, 4) is 16.9 Å². The molecule has 0 radical (unpaired) electrons. The third kappa shape index (κ3) is 4.77. The van der Waals surface area contributed by atoms with Gasteiger partial charge in [0, 0.05) is 23.8 Å². The Hall–Kier alpha value is -3.77. The van der Waals surface area contributed by atoms with E-state index in [2.05, 4.69) is 21.3 Å². The SMILES string of the molecule is COc1ccc(-c2ccc(C(=O)Nc3ccc4cc(CN5CCCC5)cnc4c3)c(F)c2)cc1. The number of aromatic nitrogens is 1. The van der Waals surface area contributed by atoms with Gasteiger partial charge in [0.25, 0.3) is 5.91 Å². The van der Waals surface area contributed by atoms with E-state index in [-0.39, 0.29) is 5.56 Å². The Morgan fingerprint density at radius 1 is 1.00 bits per heavy atom. The quantitative estimate of drug-likeness (QED) is 0.393. The van der Waals surface area contributed by atoms with Crippen molar-refractivity contribution in [2.24, 2.45) is 0 Å². The first-order chi connectivity index (χ1) is 16.6. The summed E-state index contributed by atoms with van der Waals surface area (Å²) in [4.78, 5) is 19.8. The molecule has 1 saturated heterocycles. The summed E-state index contributed by atoms with van der Waals surface area (Å²) in [7, 11) is 1.60. The van der Waals surface area contributed by atoms with E-state index in [1.54, 1.807) is 13.2 Å². The number of likely N-dealkylation sites (tertiary alicyclic amines) is 1. The van der Waals surface area contributed by atoms with Crippen LogP contribution in [0, 0.1) is 5.82 Å². The van der Waals surface area contributed by atoms with E-state index in [0.717, 1.165) is 41.9 Å². The first kappa shape index (κ1) is 22.0. The van der Waals surface area contributed by atoms with Gasteiger partial charge in [0.1, 0.15) is 11.6 Å². The van der Waals surface area contributed by atoms with E-state index in [0.29, 0.717) is 11.3 Å². The Bertz CT molecular complexity index is 1330. The minimum Gasteiger partial charge on any atom is -0.497 e. The smallest absolute Gasteiger partial charge is 0.258 e. The number of rotatable bonds is 6. The van der Waals surface area contributed by atoms with Gasteiger partial charge in [-0.15, -0.1) is 0 Å². The number of carbonyl (C=O) groups is 1. The highest BCUT2D eigenvalue weighted by atomic mass is 19.1. The van der Waals surface area contributed by atoms with E-state index < -0.39 is 11.7 Å². The zero-order valence-electron chi connectivity index (χ0n) is 19.1. The van der Waals surface area contributed by atoms with Gasteiger partial charge in [0.2, 0.25) is 0 Å². The van der Waals surface area contributed by atoms with Gasteiger partial charge in [-0.05, 0) is 85.1 Å². The predicted octanol–water partition coefficient (Wildman–Crippen LogP) is 5.90. The number of pyridine rings is 1. The highest BCUT2D eigenvalue weighted by molar-refractivity contribution is 6.05. The summed E-state index contributed by atoms with van der Waals surface area (Å²) >= 11 is 0. The fourth-order valence-corrected chi connectivity index (χ4v) is 4.39. The van der Waals surface area contributed by atoms with Crippen LogP contribution in [0.4, 0.5) is 10.1 Å². The molecule has 6 heteroatoms. The molecule has 1 fully saturated rings. The number of benzene rings is 3. The first-order valence-corrected chi connectivity index (χ1v) is 11.5. The van der Waals surface area contributed by atoms with Crippen LogP contribution in [0.3, 0.4) is 0 Å². The van der Waals surface area contributed by atoms with Gasteiger partial charge in [0.05, 0.1) is 18.2 Å². The molecule has 0 spiro atoms. The number of carbonyl (C=O) groups excluding carboxylic acids is 1. The third-order valence-corrected chi connectivity index (χ3v) is 6.24. The highest BCUT2D eigenvalue weighted by Gasteiger charge is 2.15. The fraction of sp³-hybridized carbons (Fsp3) is 0.214. The number of hydrogen-bond donors (Lipinski definition) is 1. The summed E-state index contributed by atoms with van der Waals surface area (Å²) in [5.41, 5.74) is 4.08. The number of ether oxygens (including phenoxy) is 1. The number of fused-ring (bicyclic) bond motifs is 1. The lowest BCUT2D eigenvalue weighted by molar-refractivity contribution is 0.102. The molecule has 0 bridgehead atoms. The van der Waals surface area contributed by atoms with Crippen molar-refractivity contribution >= 4 is 22.5 Å². The van der Waals surface area contributed by atoms with Crippen molar-refractivity contribution in [1.29, 1.82) is 0 Å². The Morgan fingerprint density at radius 3 is 2.50 bits per heavy atom. The largest absolute Gasteiger partial charge is 0.497 e. The summed E-state index contributed by atoms with van der Waals surface area (Å²) in [6.07, 6.45) is 4.41. The molecule has 0 unspecified atom stereocenters. The van der Waals surface area contributed by atoms with Gasteiger partial charge in [-0.1, -0.05) is 24.3 Å². The maximum absolute atomic E-state index is 14.8. The van der Waals surface area contributed by atoms with E-state index in [9.17, 15) is 9.18 Å². The van der Waals surface area contributed by atoms with Crippen molar-refractivity contribution in [2.75, 3.05) is 25.5 Å². The molecule has 172 valence electrons. The zero-order valence-corrected chi connectivity index (χ0v) is 19.1. The Kier molecular flexibility index (Phi) is 6.23. The van der Waals surface area contributed by atoms with E-state index in [1.165, 1.54) is 30.5 Å². The van der Waals surface area contributed by atoms with Crippen molar-refractivity contribution in [2.45, 2.75) is 19.4 Å². The summed E-state index contributed by atoms with van der Waals surface area (Å²) < 4.78 is 20.0. The van der Waals surface area contributed by atoms with E-state index in [4.69, 9.17) is 4.74 Å². The second kappa shape index (κ2) is 9.61. The number of anilines is 1. The van der Waals surface area contributed by atoms with Crippen molar-refractivity contribution in [1.82, 2.24) is 9.88 Å². The summed E-state index contributed by atoms with van der Waals surface area (Å²) in [5, 5.41) is 3.81. The molecule has 4 aromatic rings. The second-order valence-corrected chi connectivity index (χ2v) is 8.61. The molecule has 1 aliphatic heterocycles. The lowest BCUT2D eigenvalue weighted by Crippen LogP contribution is -2.18. The predicted molar refractivity (Wildman–Crippen MR) is 133 cm³/mol. The van der Waals surface area contributed by atoms with Crippen LogP contribution in [0.1, 0.15) is 28.8 Å². The average molecular weight is 456 g/mol. The molecule has 0 atom stereocenters. The van der Waals surface area contributed by atoms with Crippen LogP contribution in [0.5, 0.6) is 5.75 Å². The number of hydrogen-bond acceptors (Lipinski definition) is 4. The summed E-state index contributed by atoms with van der Waals surface area (Å²) in [5.74, 6) is -0.340. The van der Waals surface area contributed by atoms with Crippen molar-refractivity contribution < 1.29 is 13.9 Å². The Balaban J connectivity index is 1.30. The van der Waals surface area contributed by atoms with Crippen LogP contribution in [-0.2, 0) is 6.54 Å². The van der Waals surface area contributed by atoms with Crippen LogP contribution in [0.15, 0.2) is 72.9 Å². The highest BCUT2D eigenvalue weighted by Crippen LogP contribution is 2.25. The second-order valence-electron chi connectivity index (χ2n) is 8.61. The van der Waals surface area contributed by atoms with Gasteiger partial charge < -0.3 is 10.1 Å². The number of nitrogens with zero attached hydrogens (tertiary/aromatic N) is 2. The number of amides is 1. The Labute approximate surface area is 198 Å². The van der Waals surface area contributed by atoms with Gasteiger partial charge in [-0.3, -0.25) is 14.7 Å². The lowest BCUT2D eigenvalue weighted by Gasteiger charge is -2.14. The maximum Gasteiger partial charge on any atom is 0.258 e. The zero-order chi connectivity index (χ0) is 23.5. The molecule has 34 heavy (non-hydrogen) atoms. The van der Waals surface area contributed by atoms with Crippen LogP contribution >= 0.6 is 0 Å². The van der Waals surface area contributed by atoms with Crippen molar-refractivity contribution in [3.05, 3.63) is 89.9 Å². The molecule has 3 aromatic carbocycles. The molecule has 2 heterocycles. The standard InChI is InChI=1S/C28H26FN3O2/c1-34-24-9-5-20(6-10-24)21-7-11-25(26(29)15-21)28(33)31-23-8-4-22-14-19(17-30-27(22)16-23)18-32-12-2-3-13-32/h4-11,14-17H,2-3,12-13,18H2,1H3,(H,31,33). The number of halogens is 1. The monoisotopic (exact) mass is 455 g/mol. The molecule has 5 rings (SSSR count). The first-order valence-electron chi connectivity index (χ1n) is 11.5. The fourth-order valence-electron chi connectivity index (χ4n) is 4.39. The summed E-state index contributed by atoms with van der Waals surface area (Å²) in [6, 6.07) is 19.7. The number of nitrogens with one attached hydrogen (secondary N) is 1. The third-order valence-electron chi connectivity index (χ3n) is 6.24. The van der Waals surface area contributed by atoms with E-state index >= 15 is 0 Å². The molecule has 1 amide bonds. The van der Waals surface area contributed by atoms with Gasteiger partial charge in [0.15, 0.2) is 0 Å². The molecule has 0 aliphatic carbocycles. The van der Waals surface area contributed by atoms with Gasteiger partial charge in [-0.25, -0.2) is 4.39 Å². The Morgan fingerprint density at radius 2 is 1.76 bits per heavy atom. The molecule has 1 aliphatic rings. The summed E-state index contributed by atoms with van der Waals surface area (Å²) in [6.45, 7) is 3.19. The molecule has 1 aromatic heterocycles. The molecular formula is C28H26FN3O2. The minimum atomic E-state index is -0.573. The van der Waals surface area contributed by atoms with Crippen LogP contribution in [-0.4, -0.2) is 36.0 Å². The average Bonchev–Trinajstić information content (AvgIpc) is 3.37. The van der Waals surface area contributed by atoms with Crippen LogP contribution in [0.25, 0.3) is 22.0 Å². The maximum atomic E-state index is 14.8.